The Kier molecular flexibility index (Phi) is 7.78. The molecule has 3 aliphatic rings. The normalized spacial score (nSPS) is 23.0. The van der Waals surface area contributed by atoms with E-state index >= 15 is 0 Å². The van der Waals surface area contributed by atoms with E-state index in [-0.39, 0.29) is 23.7 Å². The number of pyridine rings is 1. The van der Waals surface area contributed by atoms with Crippen LogP contribution in [0.2, 0.25) is 0 Å². The first-order valence-corrected chi connectivity index (χ1v) is 15.9. The molecule has 0 radical (unpaired) electrons. The number of hydrogen-bond donors (Lipinski definition) is 1. The first-order valence-electron chi connectivity index (χ1n) is 15.9. The number of fused-ring (bicyclic) bond motifs is 1. The molecule has 2 atom stereocenters. The lowest BCUT2D eigenvalue weighted by atomic mass is 9.72. The van der Waals surface area contributed by atoms with E-state index in [0.717, 1.165) is 76.0 Å². The molecule has 0 amide bonds. The smallest absolute Gasteiger partial charge is 0.303 e. The molecule has 2 aromatic carbocycles. The monoisotopic (exact) mass is 580 g/mol. The molecule has 0 unspecified atom stereocenters. The van der Waals surface area contributed by atoms with Crippen molar-refractivity contribution in [2.45, 2.75) is 62.3 Å². The first-order chi connectivity index (χ1) is 21.0. The van der Waals surface area contributed by atoms with Crippen LogP contribution in [0.25, 0.3) is 16.8 Å². The van der Waals surface area contributed by atoms with Crippen LogP contribution in [0.3, 0.4) is 0 Å². The van der Waals surface area contributed by atoms with Gasteiger partial charge in [0, 0.05) is 61.5 Å². The fourth-order valence-electron chi connectivity index (χ4n) is 8.05. The number of rotatable bonds is 9. The minimum absolute atomic E-state index is 0.00657. The Morgan fingerprint density at radius 2 is 1.79 bits per heavy atom. The molecule has 7 rings (SSSR count). The van der Waals surface area contributed by atoms with Gasteiger partial charge in [0.25, 0.3) is 0 Å². The van der Waals surface area contributed by atoms with Crippen LogP contribution in [-0.4, -0.2) is 68.5 Å². The Balaban J connectivity index is 1.05. The minimum Gasteiger partial charge on any atom is -0.481 e. The molecule has 0 bridgehead atoms. The summed E-state index contributed by atoms with van der Waals surface area (Å²) >= 11 is 0. The van der Waals surface area contributed by atoms with Crippen LogP contribution in [0.15, 0.2) is 79.1 Å². The molecule has 43 heavy (non-hydrogen) atoms. The highest BCUT2D eigenvalue weighted by Crippen LogP contribution is 2.47. The fraction of sp³-hybridized carbons (Fsp3) is 0.444. The van der Waals surface area contributed by atoms with Crippen LogP contribution < -0.4 is 0 Å². The number of piperidine rings is 1. The van der Waals surface area contributed by atoms with Crippen molar-refractivity contribution in [3.8, 4) is 11.1 Å². The van der Waals surface area contributed by atoms with E-state index in [9.17, 15) is 14.3 Å². The van der Waals surface area contributed by atoms with Gasteiger partial charge in [-0.3, -0.25) is 9.69 Å². The van der Waals surface area contributed by atoms with Gasteiger partial charge in [-0.15, -0.1) is 0 Å². The van der Waals surface area contributed by atoms with Gasteiger partial charge >= 0.3 is 5.97 Å². The predicted molar refractivity (Wildman–Crippen MR) is 167 cm³/mol. The summed E-state index contributed by atoms with van der Waals surface area (Å²) in [4.78, 5) is 21.4. The van der Waals surface area contributed by atoms with Crippen LogP contribution in [0.5, 0.6) is 0 Å². The van der Waals surface area contributed by atoms with E-state index in [4.69, 9.17) is 4.98 Å². The highest BCUT2D eigenvalue weighted by Gasteiger charge is 2.48. The number of aromatic nitrogens is 2. The van der Waals surface area contributed by atoms with E-state index < -0.39 is 5.97 Å². The highest BCUT2D eigenvalue weighted by atomic mass is 19.1. The Morgan fingerprint density at radius 3 is 2.51 bits per heavy atom. The Hall–Kier alpha value is -3.55. The van der Waals surface area contributed by atoms with Gasteiger partial charge in [0.05, 0.1) is 0 Å². The van der Waals surface area contributed by atoms with Gasteiger partial charge in [0.15, 0.2) is 0 Å². The molecular formula is C36H41FN4O2. The quantitative estimate of drug-likeness (QED) is 0.235. The van der Waals surface area contributed by atoms with Crippen molar-refractivity contribution >= 4 is 11.6 Å². The van der Waals surface area contributed by atoms with Gasteiger partial charge < -0.3 is 14.4 Å². The zero-order valence-corrected chi connectivity index (χ0v) is 24.7. The molecule has 7 heteroatoms. The minimum atomic E-state index is -0.714. The van der Waals surface area contributed by atoms with Gasteiger partial charge in [-0.25, -0.2) is 9.37 Å². The van der Waals surface area contributed by atoms with Crippen molar-refractivity contribution in [2.75, 3.05) is 32.7 Å². The van der Waals surface area contributed by atoms with Gasteiger partial charge in [0.1, 0.15) is 11.5 Å². The summed E-state index contributed by atoms with van der Waals surface area (Å²) in [6.45, 7) is 4.90. The summed E-state index contributed by atoms with van der Waals surface area (Å²) in [5, 5.41) is 9.41. The average Bonchev–Trinajstić information content (AvgIpc) is 3.62. The molecule has 6 nitrogen and oxygen atoms in total. The lowest BCUT2D eigenvalue weighted by molar-refractivity contribution is -0.138. The first kappa shape index (κ1) is 28.2. The van der Waals surface area contributed by atoms with E-state index in [1.165, 1.54) is 22.9 Å². The number of benzene rings is 2. The van der Waals surface area contributed by atoms with Crippen LogP contribution in [0.1, 0.15) is 68.0 Å². The second-order valence-corrected chi connectivity index (χ2v) is 13.1. The molecule has 4 heterocycles. The largest absolute Gasteiger partial charge is 0.481 e. The Bertz CT molecular complexity index is 1570. The molecule has 2 saturated heterocycles. The summed E-state index contributed by atoms with van der Waals surface area (Å²) in [7, 11) is 0. The molecule has 0 spiro atoms. The second-order valence-electron chi connectivity index (χ2n) is 13.1. The van der Waals surface area contributed by atoms with Crippen LogP contribution >= 0.6 is 0 Å². The van der Waals surface area contributed by atoms with E-state index in [2.05, 4.69) is 69.1 Å². The van der Waals surface area contributed by atoms with Crippen molar-refractivity contribution in [2.24, 2.45) is 5.92 Å². The average molecular weight is 581 g/mol. The van der Waals surface area contributed by atoms with Crippen molar-refractivity contribution < 1.29 is 14.3 Å². The van der Waals surface area contributed by atoms with Gasteiger partial charge in [-0.1, -0.05) is 42.5 Å². The van der Waals surface area contributed by atoms with Gasteiger partial charge in [0.2, 0.25) is 0 Å². The molecule has 1 saturated carbocycles. The maximum atomic E-state index is 14.3. The van der Waals surface area contributed by atoms with Crippen molar-refractivity contribution in [1.29, 1.82) is 0 Å². The number of imidazole rings is 1. The number of carboxylic acids is 1. The van der Waals surface area contributed by atoms with Gasteiger partial charge in [-0.05, 0) is 98.5 Å². The van der Waals surface area contributed by atoms with Crippen LogP contribution in [0, 0.1) is 11.7 Å². The predicted octanol–water partition coefficient (Wildman–Crippen LogP) is 6.82. The van der Waals surface area contributed by atoms with Crippen molar-refractivity contribution in [1.82, 2.24) is 19.2 Å². The molecule has 224 valence electrons. The molecule has 2 aromatic heterocycles. The summed E-state index contributed by atoms with van der Waals surface area (Å²) in [5.41, 5.74) is 5.77. The Labute approximate surface area is 253 Å². The van der Waals surface area contributed by atoms with E-state index in [1.54, 1.807) is 6.07 Å². The number of halogens is 1. The number of likely N-dealkylation sites (tertiary alicyclic amines) is 2. The summed E-state index contributed by atoms with van der Waals surface area (Å²) in [5.74, 6) is 0.221. The standard InChI is InChI=1S/C36H41FN4O2/c37-31-9-4-8-28(20-31)32-25-40(36(15-5-16-36)17-12-35(42)43)23-30(32)22-39-18-13-27(14-19-39)33-21-38-34-11-10-29(24-41(33)34)26-6-2-1-3-7-26/h1-4,6-11,20-21,24,27,30,32H,5,12-19,22-23,25H2,(H,42,43)/t30-,32+/m0/s1. The molecular weight excluding hydrogens is 539 g/mol. The van der Waals surface area contributed by atoms with E-state index in [0.29, 0.717) is 18.3 Å². The zero-order valence-electron chi connectivity index (χ0n) is 24.7. The maximum Gasteiger partial charge on any atom is 0.303 e. The molecule has 4 aromatic rings. The van der Waals surface area contributed by atoms with Crippen molar-refractivity contribution in [3.63, 3.8) is 0 Å². The SMILES string of the molecule is O=C(O)CCC1(N2C[C@H](CN3CCC(c4cnc5ccc(-c6ccccc6)cn45)CC3)[C@@H](c3cccc(F)c3)C2)CCC1. The molecule has 1 aliphatic carbocycles. The van der Waals surface area contributed by atoms with Crippen LogP contribution in [0.4, 0.5) is 4.39 Å². The highest BCUT2D eigenvalue weighted by molar-refractivity contribution is 5.67. The lowest BCUT2D eigenvalue weighted by Crippen LogP contribution is -2.53. The number of hydrogen-bond acceptors (Lipinski definition) is 4. The third kappa shape index (κ3) is 5.73. The number of nitrogens with zero attached hydrogens (tertiary/aromatic N) is 4. The molecule has 3 fully saturated rings. The Morgan fingerprint density at radius 1 is 0.977 bits per heavy atom. The molecule has 1 N–H and O–H groups in total. The van der Waals surface area contributed by atoms with Crippen molar-refractivity contribution in [3.05, 3.63) is 96.2 Å². The number of carboxylic acid groups (broad SMARTS) is 1. The lowest BCUT2D eigenvalue weighted by Gasteiger charge is -2.49. The van der Waals surface area contributed by atoms with Gasteiger partial charge in [-0.2, -0.15) is 0 Å². The summed E-state index contributed by atoms with van der Waals surface area (Å²) < 4.78 is 16.6. The maximum absolute atomic E-state index is 14.3. The van der Waals surface area contributed by atoms with E-state index in [1.807, 2.05) is 12.1 Å². The summed E-state index contributed by atoms with van der Waals surface area (Å²) in [6.07, 6.45) is 10.7. The zero-order chi connectivity index (χ0) is 29.4. The third-order valence-corrected chi connectivity index (χ3v) is 10.6. The summed E-state index contributed by atoms with van der Waals surface area (Å²) in [6, 6.07) is 21.9. The number of carbonyl (C=O) groups is 1. The second kappa shape index (κ2) is 11.9. The van der Waals surface area contributed by atoms with Crippen LogP contribution in [-0.2, 0) is 4.79 Å². The molecule has 2 aliphatic heterocycles. The topological polar surface area (TPSA) is 61.1 Å². The third-order valence-electron chi connectivity index (χ3n) is 10.6. The number of aliphatic carboxylic acids is 1. The fourth-order valence-corrected chi connectivity index (χ4v) is 8.05.